The van der Waals surface area contributed by atoms with Crippen molar-refractivity contribution in [3.63, 3.8) is 0 Å². The maximum Gasteiger partial charge on any atom is 0.255 e. The number of likely N-dealkylation sites (tertiary alicyclic amines) is 1. The largest absolute Gasteiger partial charge is 0.484 e. The molecule has 3 heterocycles. The van der Waals surface area contributed by atoms with Crippen LogP contribution in [0.1, 0.15) is 33.6 Å². The van der Waals surface area contributed by atoms with E-state index >= 15 is 0 Å². The highest BCUT2D eigenvalue weighted by Gasteiger charge is 2.40. The minimum atomic E-state index is -0.464. The van der Waals surface area contributed by atoms with Gasteiger partial charge in [-0.15, -0.1) is 0 Å². The Morgan fingerprint density at radius 3 is 2.72 bits per heavy atom. The molecule has 2 aliphatic heterocycles. The quantitative estimate of drug-likeness (QED) is 0.862. The van der Waals surface area contributed by atoms with Crippen LogP contribution in [-0.2, 0) is 0 Å². The first kappa shape index (κ1) is 15.6. The van der Waals surface area contributed by atoms with E-state index in [9.17, 15) is 9.59 Å². The fraction of sp³-hybridized carbons (Fsp3) is 0.316. The molecule has 6 heteroatoms. The van der Waals surface area contributed by atoms with Gasteiger partial charge in [-0.1, -0.05) is 12.1 Å². The summed E-state index contributed by atoms with van der Waals surface area (Å²) in [4.78, 5) is 30.6. The highest BCUT2D eigenvalue weighted by Crippen LogP contribution is 2.33. The van der Waals surface area contributed by atoms with E-state index in [-0.39, 0.29) is 11.8 Å². The van der Waals surface area contributed by atoms with Crippen LogP contribution in [0.5, 0.6) is 5.75 Å². The predicted molar refractivity (Wildman–Crippen MR) is 91.5 cm³/mol. The highest BCUT2D eigenvalue weighted by molar-refractivity contribution is 5.97. The molecule has 25 heavy (non-hydrogen) atoms. The molecule has 0 bridgehead atoms. The third kappa shape index (κ3) is 2.95. The van der Waals surface area contributed by atoms with Gasteiger partial charge < -0.3 is 15.0 Å². The second kappa shape index (κ2) is 6.20. The number of amides is 2. The minimum absolute atomic E-state index is 0.0130. The Labute approximate surface area is 145 Å². The molecule has 2 amide bonds. The summed E-state index contributed by atoms with van der Waals surface area (Å²) >= 11 is 0. The fourth-order valence-electron chi connectivity index (χ4n) is 3.42. The summed E-state index contributed by atoms with van der Waals surface area (Å²) in [5.74, 6) is 0.492. The average Bonchev–Trinajstić information content (AvgIpc) is 2.80. The molecule has 0 unspecified atom stereocenters. The molecule has 2 aliphatic rings. The first-order valence-corrected chi connectivity index (χ1v) is 8.42. The second-order valence-corrected chi connectivity index (χ2v) is 6.50. The summed E-state index contributed by atoms with van der Waals surface area (Å²) in [6.07, 6.45) is 4.59. The SMILES string of the molecule is O=C1NCC2(CCN(C(=O)c3cccnc3)CC2)Oc2ccccc21. The molecule has 6 nitrogen and oxygen atoms in total. The van der Waals surface area contributed by atoms with Crippen LogP contribution in [0.15, 0.2) is 48.8 Å². The minimum Gasteiger partial charge on any atom is -0.484 e. The van der Waals surface area contributed by atoms with Gasteiger partial charge in [-0.25, -0.2) is 0 Å². The van der Waals surface area contributed by atoms with Crippen LogP contribution in [-0.4, -0.2) is 46.9 Å². The van der Waals surface area contributed by atoms with E-state index in [0.717, 1.165) is 0 Å². The Kier molecular flexibility index (Phi) is 3.87. The molecular weight excluding hydrogens is 318 g/mol. The number of nitrogens with one attached hydrogen (secondary N) is 1. The third-order valence-corrected chi connectivity index (χ3v) is 4.90. The molecule has 1 aromatic heterocycles. The summed E-state index contributed by atoms with van der Waals surface area (Å²) in [7, 11) is 0. The number of carbonyl (C=O) groups is 2. The molecule has 1 aromatic carbocycles. The first-order chi connectivity index (χ1) is 12.2. The monoisotopic (exact) mass is 337 g/mol. The van der Waals surface area contributed by atoms with Gasteiger partial charge in [0.05, 0.1) is 17.7 Å². The van der Waals surface area contributed by atoms with Crippen molar-refractivity contribution in [3.05, 3.63) is 59.9 Å². The number of nitrogens with zero attached hydrogens (tertiary/aromatic N) is 2. The molecule has 0 aliphatic carbocycles. The van der Waals surface area contributed by atoms with Crippen molar-refractivity contribution in [2.24, 2.45) is 0 Å². The van der Waals surface area contributed by atoms with Crippen molar-refractivity contribution in [1.82, 2.24) is 15.2 Å². The van der Waals surface area contributed by atoms with Crippen LogP contribution in [0.3, 0.4) is 0 Å². The van der Waals surface area contributed by atoms with Crippen molar-refractivity contribution in [2.75, 3.05) is 19.6 Å². The van der Waals surface area contributed by atoms with Crippen LogP contribution in [0.2, 0.25) is 0 Å². The van der Waals surface area contributed by atoms with Gasteiger partial charge in [-0.2, -0.15) is 0 Å². The van der Waals surface area contributed by atoms with E-state index in [1.54, 1.807) is 30.6 Å². The first-order valence-electron chi connectivity index (χ1n) is 8.42. The van der Waals surface area contributed by atoms with Gasteiger partial charge in [0.15, 0.2) is 0 Å². The summed E-state index contributed by atoms with van der Waals surface area (Å²) in [6.45, 7) is 1.63. The topological polar surface area (TPSA) is 71.5 Å². The zero-order valence-electron chi connectivity index (χ0n) is 13.8. The summed E-state index contributed by atoms with van der Waals surface area (Å²) in [5.41, 5.74) is 0.695. The molecule has 2 aromatic rings. The molecule has 0 atom stereocenters. The van der Waals surface area contributed by atoms with Crippen molar-refractivity contribution >= 4 is 11.8 Å². The number of hydrogen-bond donors (Lipinski definition) is 1. The summed E-state index contributed by atoms with van der Waals surface area (Å²) < 4.78 is 6.26. The maximum atomic E-state index is 12.6. The molecular formula is C19H19N3O3. The Balaban J connectivity index is 1.50. The number of ether oxygens (including phenoxy) is 1. The lowest BCUT2D eigenvalue weighted by Gasteiger charge is -2.41. The van der Waals surface area contributed by atoms with Crippen LogP contribution in [0.4, 0.5) is 0 Å². The van der Waals surface area contributed by atoms with E-state index in [2.05, 4.69) is 10.3 Å². The number of aromatic nitrogens is 1. The van der Waals surface area contributed by atoms with Gasteiger partial charge in [0.2, 0.25) is 0 Å². The van der Waals surface area contributed by atoms with E-state index in [1.165, 1.54) is 0 Å². The normalized spacial score (nSPS) is 18.7. The molecule has 1 spiro atoms. The van der Waals surface area contributed by atoms with Crippen molar-refractivity contribution in [3.8, 4) is 5.75 Å². The summed E-state index contributed by atoms with van der Waals surface area (Å²) in [6, 6.07) is 10.8. The Bertz CT molecular complexity index is 799. The molecule has 0 saturated carbocycles. The van der Waals surface area contributed by atoms with Gasteiger partial charge in [0.1, 0.15) is 11.4 Å². The van der Waals surface area contributed by atoms with Gasteiger partial charge in [0.25, 0.3) is 11.8 Å². The average molecular weight is 337 g/mol. The van der Waals surface area contributed by atoms with E-state index in [0.29, 0.717) is 49.4 Å². The zero-order chi connectivity index (χ0) is 17.3. The molecule has 0 radical (unpaired) electrons. The third-order valence-electron chi connectivity index (χ3n) is 4.90. The number of benzene rings is 1. The van der Waals surface area contributed by atoms with Crippen LogP contribution >= 0.6 is 0 Å². The van der Waals surface area contributed by atoms with Crippen LogP contribution in [0, 0.1) is 0 Å². The van der Waals surface area contributed by atoms with Gasteiger partial charge >= 0.3 is 0 Å². The second-order valence-electron chi connectivity index (χ2n) is 6.50. The molecule has 128 valence electrons. The maximum absolute atomic E-state index is 12.6. The predicted octanol–water partition coefficient (Wildman–Crippen LogP) is 1.88. The number of hydrogen-bond acceptors (Lipinski definition) is 4. The lowest BCUT2D eigenvalue weighted by atomic mass is 9.90. The standard InChI is InChI=1S/C19H19N3O3/c23-17-15-5-1-2-6-16(15)25-19(13-21-17)7-10-22(11-8-19)18(24)14-4-3-9-20-12-14/h1-6,9,12H,7-8,10-11,13H2,(H,21,23). The van der Waals surface area contributed by atoms with Crippen molar-refractivity contribution in [2.45, 2.75) is 18.4 Å². The van der Waals surface area contributed by atoms with Gasteiger partial charge in [-0.3, -0.25) is 14.6 Å². The Hall–Kier alpha value is -2.89. The lowest BCUT2D eigenvalue weighted by Crippen LogP contribution is -2.54. The van der Waals surface area contributed by atoms with Crippen molar-refractivity contribution in [1.29, 1.82) is 0 Å². The number of pyridine rings is 1. The van der Waals surface area contributed by atoms with E-state index < -0.39 is 5.60 Å². The van der Waals surface area contributed by atoms with Crippen LogP contribution in [0.25, 0.3) is 0 Å². The van der Waals surface area contributed by atoms with E-state index in [4.69, 9.17) is 4.74 Å². The Morgan fingerprint density at radius 2 is 1.96 bits per heavy atom. The van der Waals surface area contributed by atoms with Crippen LogP contribution < -0.4 is 10.1 Å². The number of para-hydroxylation sites is 1. The van der Waals surface area contributed by atoms with Gasteiger partial charge in [0, 0.05) is 38.3 Å². The van der Waals surface area contributed by atoms with Crippen molar-refractivity contribution < 1.29 is 14.3 Å². The number of fused-ring (bicyclic) bond motifs is 1. The number of rotatable bonds is 1. The summed E-state index contributed by atoms with van der Waals surface area (Å²) in [5, 5.41) is 2.96. The molecule has 4 rings (SSSR count). The lowest BCUT2D eigenvalue weighted by molar-refractivity contribution is 0.00770. The number of carbonyl (C=O) groups excluding carboxylic acids is 2. The highest BCUT2D eigenvalue weighted by atomic mass is 16.5. The zero-order valence-corrected chi connectivity index (χ0v) is 13.8. The smallest absolute Gasteiger partial charge is 0.255 e. The molecule has 1 saturated heterocycles. The Morgan fingerprint density at radius 1 is 1.16 bits per heavy atom. The van der Waals surface area contributed by atoms with E-state index in [1.807, 2.05) is 23.1 Å². The number of piperidine rings is 1. The fourth-order valence-corrected chi connectivity index (χ4v) is 3.42. The molecule has 1 fully saturated rings. The molecule has 1 N–H and O–H groups in total. The van der Waals surface area contributed by atoms with Gasteiger partial charge in [-0.05, 0) is 24.3 Å².